The van der Waals surface area contributed by atoms with Crippen molar-refractivity contribution in [2.75, 3.05) is 7.05 Å². The first kappa shape index (κ1) is 13.1. The summed E-state index contributed by atoms with van der Waals surface area (Å²) in [6, 6.07) is 16.4. The van der Waals surface area contributed by atoms with Crippen molar-refractivity contribution >= 4 is 11.6 Å². The molecule has 0 radical (unpaired) electrons. The van der Waals surface area contributed by atoms with E-state index in [1.165, 1.54) is 11.1 Å². The molecule has 2 aromatic carbocycles. The third-order valence-electron chi connectivity index (χ3n) is 3.01. The van der Waals surface area contributed by atoms with E-state index >= 15 is 0 Å². The molecule has 0 spiro atoms. The van der Waals surface area contributed by atoms with Gasteiger partial charge in [-0.1, -0.05) is 48.0 Å². The van der Waals surface area contributed by atoms with E-state index in [0.29, 0.717) is 6.54 Å². The Balaban J connectivity index is 2.35. The van der Waals surface area contributed by atoms with E-state index in [9.17, 15) is 0 Å². The summed E-state index contributed by atoms with van der Waals surface area (Å²) < 4.78 is 0. The molecule has 0 aromatic heterocycles. The summed E-state index contributed by atoms with van der Waals surface area (Å²) in [6.07, 6.45) is 0. The van der Waals surface area contributed by atoms with Crippen LogP contribution in [0.3, 0.4) is 0 Å². The highest BCUT2D eigenvalue weighted by Gasteiger charge is 2.11. The maximum Gasteiger partial charge on any atom is 0.0574 e. The largest absolute Gasteiger partial charge is 0.326 e. The van der Waals surface area contributed by atoms with Crippen molar-refractivity contribution < 1.29 is 0 Å². The monoisotopic (exact) mass is 260 g/mol. The first-order valence-electron chi connectivity index (χ1n) is 5.96. The minimum absolute atomic E-state index is 0.161. The van der Waals surface area contributed by atoms with Crippen LogP contribution in [0.5, 0.6) is 0 Å². The lowest BCUT2D eigenvalue weighted by Crippen LogP contribution is -2.17. The van der Waals surface area contributed by atoms with Crippen molar-refractivity contribution in [1.29, 1.82) is 0 Å². The third-order valence-corrected chi connectivity index (χ3v) is 3.26. The van der Waals surface area contributed by atoms with E-state index < -0.39 is 0 Å². The smallest absolute Gasteiger partial charge is 0.0574 e. The minimum Gasteiger partial charge on any atom is -0.326 e. The molecule has 3 heteroatoms. The summed E-state index contributed by atoms with van der Waals surface area (Å²) >= 11 is 5.92. The molecule has 0 bridgehead atoms. The Morgan fingerprint density at radius 3 is 2.44 bits per heavy atom. The molecule has 0 aliphatic carbocycles. The lowest BCUT2D eigenvalue weighted by atomic mass is 9.97. The van der Waals surface area contributed by atoms with Crippen LogP contribution < -0.4 is 11.1 Å². The van der Waals surface area contributed by atoms with Gasteiger partial charge in [-0.15, -0.1) is 0 Å². The summed E-state index contributed by atoms with van der Waals surface area (Å²) in [5.41, 5.74) is 9.22. The van der Waals surface area contributed by atoms with Gasteiger partial charge in [-0.2, -0.15) is 0 Å². The van der Waals surface area contributed by atoms with Crippen LogP contribution in [0.2, 0.25) is 5.02 Å². The molecular weight excluding hydrogens is 244 g/mol. The first-order valence-corrected chi connectivity index (χ1v) is 6.34. The zero-order valence-electron chi connectivity index (χ0n) is 10.4. The first-order chi connectivity index (χ1) is 8.74. The van der Waals surface area contributed by atoms with E-state index in [-0.39, 0.29) is 6.04 Å². The Bertz CT molecular complexity index is 508. The van der Waals surface area contributed by atoms with Crippen molar-refractivity contribution in [1.82, 2.24) is 5.32 Å². The molecular formula is C15H17ClN2. The average Bonchev–Trinajstić information content (AvgIpc) is 2.42. The van der Waals surface area contributed by atoms with Gasteiger partial charge in [0.25, 0.3) is 0 Å². The summed E-state index contributed by atoms with van der Waals surface area (Å²) in [4.78, 5) is 0. The second kappa shape index (κ2) is 6.01. The molecule has 0 saturated heterocycles. The highest BCUT2D eigenvalue weighted by atomic mass is 35.5. The second-order valence-corrected chi connectivity index (χ2v) is 4.66. The second-order valence-electron chi connectivity index (χ2n) is 4.22. The minimum atomic E-state index is 0.161. The Hall–Kier alpha value is -1.35. The van der Waals surface area contributed by atoms with Crippen LogP contribution in [0.1, 0.15) is 22.7 Å². The van der Waals surface area contributed by atoms with Crippen molar-refractivity contribution in [3.8, 4) is 0 Å². The Labute approximate surface area is 113 Å². The molecule has 0 fully saturated rings. The molecule has 1 atom stereocenters. The predicted molar refractivity (Wildman–Crippen MR) is 76.7 cm³/mol. The van der Waals surface area contributed by atoms with Crippen LogP contribution >= 0.6 is 11.6 Å². The average molecular weight is 261 g/mol. The van der Waals surface area contributed by atoms with Crippen molar-refractivity contribution in [2.45, 2.75) is 12.6 Å². The summed E-state index contributed by atoms with van der Waals surface area (Å²) in [6.45, 7) is 0.560. The van der Waals surface area contributed by atoms with Crippen LogP contribution in [0.25, 0.3) is 0 Å². The standard InChI is InChI=1S/C15H17ClN2/c1-18-15(12-5-7-14(16)8-6-12)13-4-2-3-11(9-13)10-17/h2-9,15,18H,10,17H2,1H3. The Kier molecular flexibility index (Phi) is 4.37. The SMILES string of the molecule is CNC(c1ccc(Cl)cc1)c1cccc(CN)c1. The predicted octanol–water partition coefficient (Wildman–Crippen LogP) is 3.11. The van der Waals surface area contributed by atoms with E-state index in [2.05, 4.69) is 17.4 Å². The van der Waals surface area contributed by atoms with E-state index in [1.807, 2.05) is 43.4 Å². The number of nitrogens with two attached hydrogens (primary N) is 1. The molecule has 94 valence electrons. The maximum absolute atomic E-state index is 5.92. The van der Waals surface area contributed by atoms with Crippen LogP contribution in [0, 0.1) is 0 Å². The summed E-state index contributed by atoms with van der Waals surface area (Å²) in [5, 5.41) is 4.08. The van der Waals surface area contributed by atoms with Gasteiger partial charge >= 0.3 is 0 Å². The van der Waals surface area contributed by atoms with Crippen LogP contribution in [-0.2, 0) is 6.54 Å². The van der Waals surface area contributed by atoms with Gasteiger partial charge < -0.3 is 11.1 Å². The third kappa shape index (κ3) is 2.91. The molecule has 18 heavy (non-hydrogen) atoms. The topological polar surface area (TPSA) is 38.0 Å². The molecule has 0 aliphatic heterocycles. The fourth-order valence-electron chi connectivity index (χ4n) is 2.08. The molecule has 3 N–H and O–H groups in total. The van der Waals surface area contributed by atoms with Gasteiger partial charge in [0.15, 0.2) is 0 Å². The number of benzene rings is 2. The van der Waals surface area contributed by atoms with Gasteiger partial charge in [-0.3, -0.25) is 0 Å². The number of hydrogen-bond acceptors (Lipinski definition) is 2. The molecule has 1 unspecified atom stereocenters. The quantitative estimate of drug-likeness (QED) is 0.887. The van der Waals surface area contributed by atoms with Crippen molar-refractivity contribution in [2.24, 2.45) is 5.73 Å². The number of nitrogens with one attached hydrogen (secondary N) is 1. The fourth-order valence-corrected chi connectivity index (χ4v) is 2.21. The maximum atomic E-state index is 5.92. The van der Waals surface area contributed by atoms with Crippen molar-refractivity contribution in [3.05, 3.63) is 70.2 Å². The summed E-state index contributed by atoms with van der Waals surface area (Å²) in [5.74, 6) is 0. The number of rotatable bonds is 4. The molecule has 0 saturated carbocycles. The highest BCUT2D eigenvalue weighted by molar-refractivity contribution is 6.30. The molecule has 2 rings (SSSR count). The van der Waals surface area contributed by atoms with Crippen LogP contribution in [0.15, 0.2) is 48.5 Å². The van der Waals surface area contributed by atoms with Gasteiger partial charge in [0.1, 0.15) is 0 Å². The van der Waals surface area contributed by atoms with Gasteiger partial charge in [-0.05, 0) is 35.9 Å². The molecule has 0 amide bonds. The zero-order chi connectivity index (χ0) is 13.0. The number of hydrogen-bond donors (Lipinski definition) is 2. The molecule has 0 heterocycles. The van der Waals surface area contributed by atoms with Gasteiger partial charge in [0.2, 0.25) is 0 Å². The molecule has 0 aliphatic rings. The normalized spacial score (nSPS) is 12.4. The van der Waals surface area contributed by atoms with Crippen LogP contribution in [0.4, 0.5) is 0 Å². The van der Waals surface area contributed by atoms with Gasteiger partial charge in [-0.25, -0.2) is 0 Å². The zero-order valence-corrected chi connectivity index (χ0v) is 11.1. The van der Waals surface area contributed by atoms with Crippen molar-refractivity contribution in [3.63, 3.8) is 0 Å². The lowest BCUT2D eigenvalue weighted by Gasteiger charge is -2.18. The molecule has 2 nitrogen and oxygen atoms in total. The highest BCUT2D eigenvalue weighted by Crippen LogP contribution is 2.23. The van der Waals surface area contributed by atoms with Gasteiger partial charge in [0.05, 0.1) is 6.04 Å². The lowest BCUT2D eigenvalue weighted by molar-refractivity contribution is 0.690. The van der Waals surface area contributed by atoms with E-state index in [0.717, 1.165) is 10.6 Å². The summed E-state index contributed by atoms with van der Waals surface area (Å²) in [7, 11) is 1.95. The molecule has 2 aromatic rings. The Morgan fingerprint density at radius 2 is 1.83 bits per heavy atom. The Morgan fingerprint density at radius 1 is 1.11 bits per heavy atom. The van der Waals surface area contributed by atoms with Crippen LogP contribution in [-0.4, -0.2) is 7.05 Å². The van der Waals surface area contributed by atoms with Gasteiger partial charge in [0, 0.05) is 11.6 Å². The van der Waals surface area contributed by atoms with E-state index in [4.69, 9.17) is 17.3 Å². The number of halogens is 1. The fraction of sp³-hybridized carbons (Fsp3) is 0.200. The van der Waals surface area contributed by atoms with E-state index in [1.54, 1.807) is 0 Å².